The largest absolute Gasteiger partial charge is 0.497 e. The van der Waals surface area contributed by atoms with Crippen LogP contribution < -0.4 is 15.0 Å². The first-order valence-corrected chi connectivity index (χ1v) is 8.78. The molecular formula is C17H25BrN2O. The molecule has 3 nitrogen and oxygen atoms in total. The lowest BCUT2D eigenvalue weighted by Gasteiger charge is -2.50. The predicted molar refractivity (Wildman–Crippen MR) is 91.3 cm³/mol. The summed E-state index contributed by atoms with van der Waals surface area (Å²) in [6, 6.07) is 6.76. The van der Waals surface area contributed by atoms with Crippen LogP contribution in [0.3, 0.4) is 0 Å². The minimum Gasteiger partial charge on any atom is -0.497 e. The molecule has 1 aliphatic carbocycles. The lowest BCUT2D eigenvalue weighted by Crippen LogP contribution is -2.64. The number of nitrogens with zero attached hydrogens (tertiary/aromatic N) is 1. The van der Waals surface area contributed by atoms with Gasteiger partial charge in [-0.25, -0.2) is 0 Å². The highest BCUT2D eigenvalue weighted by atomic mass is 79.9. The van der Waals surface area contributed by atoms with E-state index >= 15 is 0 Å². The van der Waals surface area contributed by atoms with Crippen LogP contribution in [-0.4, -0.2) is 31.8 Å². The summed E-state index contributed by atoms with van der Waals surface area (Å²) in [6.45, 7) is 4.46. The molecule has 0 radical (unpaired) electrons. The normalized spacial score (nSPS) is 25.1. The third kappa shape index (κ3) is 3.07. The van der Waals surface area contributed by atoms with E-state index in [4.69, 9.17) is 4.74 Å². The second kappa shape index (κ2) is 6.17. The van der Waals surface area contributed by atoms with Crippen LogP contribution in [0.25, 0.3) is 0 Å². The van der Waals surface area contributed by atoms with Crippen molar-refractivity contribution in [1.82, 2.24) is 5.32 Å². The van der Waals surface area contributed by atoms with Gasteiger partial charge in [0.1, 0.15) is 5.75 Å². The number of halogens is 1. The number of anilines is 1. The Balaban J connectivity index is 1.88. The molecular weight excluding hydrogens is 328 g/mol. The Bertz CT molecular complexity index is 500. The number of benzene rings is 1. The molecule has 3 rings (SSSR count). The number of rotatable bonds is 2. The average molecular weight is 353 g/mol. The molecule has 1 aliphatic heterocycles. The number of hydrogen-bond acceptors (Lipinski definition) is 3. The first-order valence-electron chi connectivity index (χ1n) is 7.99. The summed E-state index contributed by atoms with van der Waals surface area (Å²) in [6.07, 6.45) is 6.71. The first-order chi connectivity index (χ1) is 10.1. The van der Waals surface area contributed by atoms with E-state index < -0.39 is 0 Å². The summed E-state index contributed by atoms with van der Waals surface area (Å²) in [5.41, 5.74) is 1.57. The molecule has 0 amide bonds. The van der Waals surface area contributed by atoms with Crippen molar-refractivity contribution in [1.29, 1.82) is 0 Å². The fourth-order valence-electron chi connectivity index (χ4n) is 3.74. The summed E-state index contributed by atoms with van der Waals surface area (Å²) in [7, 11) is 1.73. The Morgan fingerprint density at radius 2 is 2.05 bits per heavy atom. The van der Waals surface area contributed by atoms with Crippen LogP contribution in [0.15, 0.2) is 22.7 Å². The molecule has 1 unspecified atom stereocenters. The Labute approximate surface area is 136 Å². The van der Waals surface area contributed by atoms with Crippen molar-refractivity contribution in [2.75, 3.05) is 25.1 Å². The summed E-state index contributed by atoms with van der Waals surface area (Å²) in [5, 5.41) is 3.84. The molecule has 1 N–H and O–H groups in total. The zero-order valence-corrected chi connectivity index (χ0v) is 14.6. The maximum absolute atomic E-state index is 5.41. The Kier molecular flexibility index (Phi) is 4.46. The first kappa shape index (κ1) is 15.2. The van der Waals surface area contributed by atoms with E-state index in [0.717, 1.165) is 23.3 Å². The van der Waals surface area contributed by atoms with Crippen LogP contribution in [0.4, 0.5) is 5.69 Å². The topological polar surface area (TPSA) is 24.5 Å². The molecule has 4 heteroatoms. The van der Waals surface area contributed by atoms with Gasteiger partial charge in [-0.2, -0.15) is 0 Å². The quantitative estimate of drug-likeness (QED) is 0.871. The number of methoxy groups -OCH3 is 1. The van der Waals surface area contributed by atoms with Gasteiger partial charge >= 0.3 is 0 Å². The molecule has 0 aromatic heterocycles. The highest BCUT2D eigenvalue weighted by Gasteiger charge is 2.39. The number of hydrogen-bond donors (Lipinski definition) is 1. The number of ether oxygens (including phenoxy) is 1. The van der Waals surface area contributed by atoms with Gasteiger partial charge in [-0.15, -0.1) is 0 Å². The molecule has 1 aromatic carbocycles. The lowest BCUT2D eigenvalue weighted by molar-refractivity contribution is 0.200. The second-order valence-electron chi connectivity index (χ2n) is 6.52. The van der Waals surface area contributed by atoms with E-state index in [0.29, 0.717) is 11.6 Å². The Morgan fingerprint density at radius 1 is 1.29 bits per heavy atom. The predicted octanol–water partition coefficient (Wildman–Crippen LogP) is 3.96. The fourth-order valence-corrected chi connectivity index (χ4v) is 4.21. The standard InChI is InChI=1S/C17H25BrN2O/c1-13-11-19-17(8-4-3-5-9-17)12-20(13)16-10-14(21-2)6-7-15(16)18/h6-7,10,13,19H,3-5,8-9,11-12H2,1-2H3. The summed E-state index contributed by atoms with van der Waals surface area (Å²) in [5.74, 6) is 0.927. The molecule has 1 heterocycles. The van der Waals surface area contributed by atoms with E-state index in [2.05, 4.69) is 45.2 Å². The molecule has 116 valence electrons. The highest BCUT2D eigenvalue weighted by molar-refractivity contribution is 9.10. The molecule has 1 atom stereocenters. The van der Waals surface area contributed by atoms with Gasteiger partial charge in [-0.3, -0.25) is 0 Å². The molecule has 2 fully saturated rings. The summed E-state index contributed by atoms with van der Waals surface area (Å²) >= 11 is 3.72. The van der Waals surface area contributed by atoms with Crippen molar-refractivity contribution in [3.63, 3.8) is 0 Å². The molecule has 1 spiro atoms. The minimum absolute atomic E-state index is 0.313. The van der Waals surface area contributed by atoms with Crippen molar-refractivity contribution >= 4 is 21.6 Å². The van der Waals surface area contributed by atoms with E-state index in [1.807, 2.05) is 6.07 Å². The lowest BCUT2D eigenvalue weighted by atomic mass is 9.79. The van der Waals surface area contributed by atoms with Crippen LogP contribution in [0.2, 0.25) is 0 Å². The van der Waals surface area contributed by atoms with Crippen LogP contribution in [0.1, 0.15) is 39.0 Å². The molecule has 0 bridgehead atoms. The molecule has 2 aliphatic rings. The van der Waals surface area contributed by atoms with Gasteiger partial charge in [-0.1, -0.05) is 19.3 Å². The SMILES string of the molecule is COc1ccc(Br)c(N2CC3(CCCCC3)NCC2C)c1. The number of nitrogens with one attached hydrogen (secondary N) is 1. The monoisotopic (exact) mass is 352 g/mol. The smallest absolute Gasteiger partial charge is 0.121 e. The third-order valence-electron chi connectivity index (χ3n) is 5.05. The molecule has 1 saturated heterocycles. The van der Waals surface area contributed by atoms with Crippen molar-refractivity contribution in [3.05, 3.63) is 22.7 Å². The van der Waals surface area contributed by atoms with E-state index in [1.54, 1.807) is 7.11 Å². The van der Waals surface area contributed by atoms with Gasteiger partial charge in [0.15, 0.2) is 0 Å². The fraction of sp³-hybridized carbons (Fsp3) is 0.647. The van der Waals surface area contributed by atoms with Gasteiger partial charge in [0.2, 0.25) is 0 Å². The third-order valence-corrected chi connectivity index (χ3v) is 5.72. The van der Waals surface area contributed by atoms with E-state index in [1.165, 1.54) is 37.8 Å². The van der Waals surface area contributed by atoms with Crippen molar-refractivity contribution in [2.24, 2.45) is 0 Å². The second-order valence-corrected chi connectivity index (χ2v) is 7.37. The van der Waals surface area contributed by atoms with Gasteiger partial charge in [0, 0.05) is 35.2 Å². The average Bonchev–Trinajstić information content (AvgIpc) is 2.52. The van der Waals surface area contributed by atoms with Gasteiger partial charge in [0.05, 0.1) is 12.8 Å². The van der Waals surface area contributed by atoms with Crippen LogP contribution in [-0.2, 0) is 0 Å². The zero-order valence-electron chi connectivity index (χ0n) is 13.0. The Morgan fingerprint density at radius 3 is 2.76 bits per heavy atom. The highest BCUT2D eigenvalue weighted by Crippen LogP contribution is 2.37. The molecule has 1 saturated carbocycles. The van der Waals surface area contributed by atoms with Crippen LogP contribution >= 0.6 is 15.9 Å². The van der Waals surface area contributed by atoms with Crippen molar-refractivity contribution in [2.45, 2.75) is 50.6 Å². The van der Waals surface area contributed by atoms with E-state index in [9.17, 15) is 0 Å². The van der Waals surface area contributed by atoms with Crippen molar-refractivity contribution in [3.8, 4) is 5.75 Å². The maximum Gasteiger partial charge on any atom is 0.121 e. The molecule has 21 heavy (non-hydrogen) atoms. The van der Waals surface area contributed by atoms with Gasteiger partial charge in [0.25, 0.3) is 0 Å². The van der Waals surface area contributed by atoms with Crippen LogP contribution in [0, 0.1) is 0 Å². The van der Waals surface area contributed by atoms with Gasteiger partial charge in [-0.05, 0) is 47.8 Å². The Hall–Kier alpha value is -0.740. The van der Waals surface area contributed by atoms with Crippen molar-refractivity contribution < 1.29 is 4.74 Å². The maximum atomic E-state index is 5.41. The zero-order chi connectivity index (χ0) is 14.9. The number of piperazine rings is 1. The molecule has 1 aromatic rings. The van der Waals surface area contributed by atoms with Gasteiger partial charge < -0.3 is 15.0 Å². The summed E-state index contributed by atoms with van der Waals surface area (Å²) in [4.78, 5) is 2.55. The van der Waals surface area contributed by atoms with Crippen LogP contribution in [0.5, 0.6) is 5.75 Å². The van der Waals surface area contributed by atoms with E-state index in [-0.39, 0.29) is 0 Å². The minimum atomic E-state index is 0.313. The summed E-state index contributed by atoms with van der Waals surface area (Å²) < 4.78 is 6.57.